The molecule has 0 radical (unpaired) electrons. The molecule has 5 heteroatoms. The van der Waals surface area contributed by atoms with Gasteiger partial charge < -0.3 is 5.32 Å². The summed E-state index contributed by atoms with van der Waals surface area (Å²) in [4.78, 5) is 21.3. The fourth-order valence-corrected chi connectivity index (χ4v) is 2.92. The minimum absolute atomic E-state index is 0.0564. The summed E-state index contributed by atoms with van der Waals surface area (Å²) < 4.78 is 0. The molecule has 118 valence electrons. The third-order valence-corrected chi connectivity index (χ3v) is 4.45. The molecule has 0 unspecified atom stereocenters. The summed E-state index contributed by atoms with van der Waals surface area (Å²) in [6, 6.07) is 14.4. The molecule has 1 N–H and O–H groups in total. The van der Waals surface area contributed by atoms with Gasteiger partial charge in [0.1, 0.15) is 0 Å². The van der Waals surface area contributed by atoms with Crippen LogP contribution in [0.15, 0.2) is 48.7 Å². The van der Waals surface area contributed by atoms with Crippen molar-refractivity contribution >= 4 is 35.5 Å². The maximum atomic E-state index is 12.0. The molecule has 0 spiro atoms. The zero-order chi connectivity index (χ0) is 16.5. The zero-order valence-corrected chi connectivity index (χ0v) is 13.6. The Balaban J connectivity index is 1.81. The molecule has 4 nitrogen and oxygen atoms in total. The molecule has 0 atom stereocenters. The Bertz CT molecular complexity index is 907. The molecule has 1 aliphatic rings. The van der Waals surface area contributed by atoms with Crippen LogP contribution in [0.4, 0.5) is 5.82 Å². The SMILES string of the molecule is CBc1ccc(-c2ccccc2)c2ncc(NC(=O)C3CC3)nc12. The number of nitrogens with one attached hydrogen (secondary N) is 1. The molecule has 1 fully saturated rings. The van der Waals surface area contributed by atoms with Crippen LogP contribution in [0.2, 0.25) is 6.82 Å². The highest BCUT2D eigenvalue weighted by Crippen LogP contribution is 2.30. The molecule has 0 saturated heterocycles. The standard InChI is InChI=1S/C19H18BN3O/c1-20-15-10-9-14(12-5-3-2-4-6-12)17-18(15)22-16(11-21-17)23-19(24)13-7-8-13/h2-6,9-11,13,20H,7-8H2,1H3,(H,22,23,24). The van der Waals surface area contributed by atoms with E-state index in [1.807, 2.05) is 18.2 Å². The first-order valence-electron chi connectivity index (χ1n) is 8.41. The lowest BCUT2D eigenvalue weighted by Gasteiger charge is -2.11. The monoisotopic (exact) mass is 315 g/mol. The number of carbonyl (C=O) groups excluding carboxylic acids is 1. The van der Waals surface area contributed by atoms with Crippen LogP contribution in [0.5, 0.6) is 0 Å². The summed E-state index contributed by atoms with van der Waals surface area (Å²) in [6.07, 6.45) is 3.62. The lowest BCUT2D eigenvalue weighted by molar-refractivity contribution is -0.117. The molecular formula is C19H18BN3O. The van der Waals surface area contributed by atoms with E-state index >= 15 is 0 Å². The highest BCUT2D eigenvalue weighted by molar-refractivity contribution is 6.55. The van der Waals surface area contributed by atoms with Gasteiger partial charge in [-0.1, -0.05) is 54.8 Å². The van der Waals surface area contributed by atoms with Crippen molar-refractivity contribution in [2.75, 3.05) is 5.32 Å². The van der Waals surface area contributed by atoms with Crippen LogP contribution in [0.25, 0.3) is 22.2 Å². The highest BCUT2D eigenvalue weighted by Gasteiger charge is 2.29. The fourth-order valence-electron chi connectivity index (χ4n) is 2.92. The van der Waals surface area contributed by atoms with Gasteiger partial charge in [0.15, 0.2) is 13.1 Å². The molecule has 2 aromatic carbocycles. The van der Waals surface area contributed by atoms with Gasteiger partial charge in [-0.25, -0.2) is 4.98 Å². The van der Waals surface area contributed by atoms with Crippen LogP contribution < -0.4 is 10.8 Å². The first kappa shape index (κ1) is 14.9. The summed E-state index contributed by atoms with van der Waals surface area (Å²) >= 11 is 0. The van der Waals surface area contributed by atoms with Crippen LogP contribution in [-0.4, -0.2) is 23.2 Å². The topological polar surface area (TPSA) is 54.9 Å². The van der Waals surface area contributed by atoms with Gasteiger partial charge in [0.25, 0.3) is 0 Å². The number of rotatable bonds is 4. The lowest BCUT2D eigenvalue weighted by Crippen LogP contribution is -2.18. The Morgan fingerprint density at radius 1 is 1.12 bits per heavy atom. The highest BCUT2D eigenvalue weighted by atomic mass is 16.2. The lowest BCUT2D eigenvalue weighted by atomic mass is 9.72. The van der Waals surface area contributed by atoms with E-state index < -0.39 is 0 Å². The Morgan fingerprint density at radius 2 is 1.92 bits per heavy atom. The number of hydrogen-bond acceptors (Lipinski definition) is 3. The number of benzene rings is 2. The van der Waals surface area contributed by atoms with Crippen molar-refractivity contribution in [2.45, 2.75) is 19.7 Å². The van der Waals surface area contributed by atoms with Crippen molar-refractivity contribution in [3.8, 4) is 11.1 Å². The number of fused-ring (bicyclic) bond motifs is 1. The number of hydrogen-bond donors (Lipinski definition) is 1. The van der Waals surface area contributed by atoms with E-state index in [1.54, 1.807) is 6.20 Å². The summed E-state index contributed by atoms with van der Waals surface area (Å²) in [5, 5.41) is 2.89. The van der Waals surface area contributed by atoms with Crippen molar-refractivity contribution in [3.05, 3.63) is 48.7 Å². The van der Waals surface area contributed by atoms with Gasteiger partial charge >= 0.3 is 0 Å². The van der Waals surface area contributed by atoms with E-state index in [0.717, 1.165) is 47.7 Å². The largest absolute Gasteiger partial charge is 0.309 e. The number of carbonyl (C=O) groups is 1. The molecule has 1 amide bonds. The summed E-state index contributed by atoms with van der Waals surface area (Å²) in [5.74, 6) is 0.754. The predicted molar refractivity (Wildman–Crippen MR) is 99.0 cm³/mol. The second-order valence-corrected chi connectivity index (χ2v) is 6.21. The third kappa shape index (κ3) is 2.78. The maximum Gasteiger partial charge on any atom is 0.228 e. The first-order valence-corrected chi connectivity index (χ1v) is 8.41. The van der Waals surface area contributed by atoms with Gasteiger partial charge in [-0.05, 0) is 18.4 Å². The number of anilines is 1. The molecule has 4 rings (SSSR count). The van der Waals surface area contributed by atoms with Gasteiger partial charge in [0, 0.05) is 11.5 Å². The molecular weight excluding hydrogens is 297 g/mol. The van der Waals surface area contributed by atoms with Gasteiger partial charge in [-0.15, -0.1) is 0 Å². The van der Waals surface area contributed by atoms with Crippen LogP contribution in [0.1, 0.15) is 12.8 Å². The Kier molecular flexibility index (Phi) is 3.77. The summed E-state index contributed by atoms with van der Waals surface area (Å²) in [5.41, 5.74) is 5.07. The van der Waals surface area contributed by atoms with E-state index in [1.165, 1.54) is 0 Å². The number of nitrogens with zero attached hydrogens (tertiary/aromatic N) is 2. The molecule has 1 aromatic heterocycles. The van der Waals surface area contributed by atoms with Gasteiger partial charge in [-0.2, -0.15) is 0 Å². The average molecular weight is 315 g/mol. The summed E-state index contributed by atoms with van der Waals surface area (Å²) in [6.45, 7) is 2.11. The van der Waals surface area contributed by atoms with Crippen LogP contribution >= 0.6 is 0 Å². The van der Waals surface area contributed by atoms with E-state index in [2.05, 4.69) is 46.4 Å². The van der Waals surface area contributed by atoms with Crippen LogP contribution in [-0.2, 0) is 4.79 Å². The molecule has 1 heterocycles. The Morgan fingerprint density at radius 3 is 2.62 bits per heavy atom. The average Bonchev–Trinajstić information content (AvgIpc) is 3.46. The normalized spacial score (nSPS) is 13.7. The van der Waals surface area contributed by atoms with Crippen LogP contribution in [0.3, 0.4) is 0 Å². The smallest absolute Gasteiger partial charge is 0.228 e. The molecule has 3 aromatic rings. The maximum absolute atomic E-state index is 12.0. The quantitative estimate of drug-likeness (QED) is 0.753. The van der Waals surface area contributed by atoms with Crippen molar-refractivity contribution in [2.24, 2.45) is 5.92 Å². The minimum Gasteiger partial charge on any atom is -0.309 e. The second-order valence-electron chi connectivity index (χ2n) is 6.21. The molecule has 0 bridgehead atoms. The van der Waals surface area contributed by atoms with Crippen molar-refractivity contribution in [3.63, 3.8) is 0 Å². The van der Waals surface area contributed by atoms with E-state index in [0.29, 0.717) is 5.82 Å². The van der Waals surface area contributed by atoms with Gasteiger partial charge in [0.05, 0.1) is 17.2 Å². The van der Waals surface area contributed by atoms with Crippen LogP contribution in [0, 0.1) is 5.92 Å². The first-order chi connectivity index (χ1) is 11.8. The van der Waals surface area contributed by atoms with Crippen molar-refractivity contribution in [1.29, 1.82) is 0 Å². The molecule has 0 aliphatic heterocycles. The zero-order valence-electron chi connectivity index (χ0n) is 13.6. The molecule has 1 aliphatic carbocycles. The summed E-state index contributed by atoms with van der Waals surface area (Å²) in [7, 11) is 0.875. The van der Waals surface area contributed by atoms with Crippen molar-refractivity contribution < 1.29 is 4.79 Å². The van der Waals surface area contributed by atoms with Gasteiger partial charge in [0.2, 0.25) is 5.91 Å². The van der Waals surface area contributed by atoms with E-state index in [9.17, 15) is 4.79 Å². The molecule has 1 saturated carbocycles. The van der Waals surface area contributed by atoms with Gasteiger partial charge in [-0.3, -0.25) is 9.78 Å². The Labute approximate surface area is 141 Å². The minimum atomic E-state index is 0.0564. The fraction of sp³-hybridized carbons (Fsp3) is 0.211. The predicted octanol–water partition coefficient (Wildman–Crippen LogP) is 2.76. The number of amides is 1. The second kappa shape index (κ2) is 6.08. The Hall–Kier alpha value is -2.69. The van der Waals surface area contributed by atoms with E-state index in [-0.39, 0.29) is 11.8 Å². The molecule has 24 heavy (non-hydrogen) atoms. The van der Waals surface area contributed by atoms with E-state index in [4.69, 9.17) is 0 Å². The third-order valence-electron chi connectivity index (χ3n) is 4.45. The number of aromatic nitrogens is 2. The van der Waals surface area contributed by atoms with Crippen molar-refractivity contribution in [1.82, 2.24) is 9.97 Å².